The normalized spacial score (nSPS) is 25.4. The number of piperazine rings is 1. The highest BCUT2D eigenvalue weighted by Gasteiger charge is 2.51. The second-order valence-corrected chi connectivity index (χ2v) is 19.4. The topological polar surface area (TPSA) is 219 Å². The summed E-state index contributed by atoms with van der Waals surface area (Å²) in [6, 6.07) is 15.5. The van der Waals surface area contributed by atoms with E-state index in [4.69, 9.17) is 23.2 Å². The standard InChI is InChI=1S/C48H48Cl2N12O7/c49-33-5-2-6-34(50)39(33)45(65)55-28-22-30(23-28)60-25-53-40-42(51-24-52-43(40)60)54-27-7-9-29(10-8-27)57-15-13-26(14-16-57)21-37-58-17-19-59(20-18-58)62(37)41(48(68)69)31-3-1-4-32-38(31)47(67)61(46(32)66)35-11-12-36(63)56-44(35)64/h1-10,24-26,28,30,35,37,41H,11-23H2,(H,55,65)(H,68,69)(H,51,52,54)(H,56,63,64)/t28?,30?,35-,37-,41-/m0/s1. The molecule has 19 nitrogen and oxygen atoms in total. The van der Waals surface area contributed by atoms with Gasteiger partial charge in [0.15, 0.2) is 17.0 Å². The summed E-state index contributed by atoms with van der Waals surface area (Å²) < 4.78 is 2.02. The molecule has 69 heavy (non-hydrogen) atoms. The molecule has 4 N–H and O–H groups in total. The van der Waals surface area contributed by atoms with Crippen LogP contribution >= 0.6 is 23.2 Å². The number of carbonyl (C=O) groups is 6. The van der Waals surface area contributed by atoms with Crippen molar-refractivity contribution >= 4 is 87.1 Å². The Labute approximate surface area is 405 Å². The molecule has 7 aliphatic rings. The predicted octanol–water partition coefficient (Wildman–Crippen LogP) is 5.02. The van der Waals surface area contributed by atoms with Crippen molar-refractivity contribution < 1.29 is 33.9 Å². The number of hydrazine groups is 1. The van der Waals surface area contributed by atoms with Gasteiger partial charge >= 0.3 is 5.97 Å². The number of benzene rings is 3. The molecule has 0 unspecified atom stereocenters. The van der Waals surface area contributed by atoms with E-state index in [0.717, 1.165) is 61.7 Å². The van der Waals surface area contributed by atoms with Gasteiger partial charge in [0.05, 0.1) is 39.2 Å². The van der Waals surface area contributed by atoms with Crippen LogP contribution in [-0.2, 0) is 14.4 Å². The molecule has 0 spiro atoms. The molecule has 5 amide bonds. The molecule has 5 aromatic rings. The van der Waals surface area contributed by atoms with Crippen LogP contribution in [0.3, 0.4) is 0 Å². The Hall–Kier alpha value is -6.51. The maximum absolute atomic E-state index is 14.1. The largest absolute Gasteiger partial charge is 0.480 e. The number of fused-ring (bicyclic) bond motifs is 5. The SMILES string of the molecule is O=C1CC[C@H](N2C(=O)c3cccc([C@@H](C(=O)O)N4[C@@H](CC5CCN(c6ccc(Nc7ncnc8c7ncn8C7CC(NC(=O)c8c(Cl)cccc8Cl)C7)cc6)CC5)N5CCN4CC5)c3C2=O)C(=O)N1. The van der Waals surface area contributed by atoms with Crippen molar-refractivity contribution in [1.29, 1.82) is 0 Å². The van der Waals surface area contributed by atoms with Gasteiger partial charge in [0.25, 0.3) is 17.7 Å². The van der Waals surface area contributed by atoms with E-state index < -0.39 is 41.7 Å². The minimum Gasteiger partial charge on any atom is -0.480 e. The highest BCUT2D eigenvalue weighted by atomic mass is 35.5. The average molecular weight is 976 g/mol. The number of hydrogen-bond donors (Lipinski definition) is 4. The fourth-order valence-electron chi connectivity index (χ4n) is 11.1. The molecule has 5 saturated heterocycles. The number of hydrogen-bond acceptors (Lipinski definition) is 14. The summed E-state index contributed by atoms with van der Waals surface area (Å²) in [5.41, 5.74) is 3.81. The highest BCUT2D eigenvalue weighted by Crippen LogP contribution is 2.41. The van der Waals surface area contributed by atoms with E-state index in [1.54, 1.807) is 36.7 Å². The van der Waals surface area contributed by atoms with E-state index in [2.05, 4.69) is 57.8 Å². The van der Waals surface area contributed by atoms with Gasteiger partial charge in [0.2, 0.25) is 11.8 Å². The lowest BCUT2D eigenvalue weighted by Crippen LogP contribution is -2.70. The second-order valence-electron chi connectivity index (χ2n) is 18.6. The zero-order valence-electron chi connectivity index (χ0n) is 37.3. The molecule has 0 radical (unpaired) electrons. The van der Waals surface area contributed by atoms with Crippen LogP contribution < -0.4 is 20.9 Å². The van der Waals surface area contributed by atoms with Crippen LogP contribution in [-0.4, -0.2) is 137 Å². The van der Waals surface area contributed by atoms with Crippen LogP contribution in [0.5, 0.6) is 0 Å². The fraction of sp³-hybridized carbons (Fsp3) is 0.396. The Kier molecular flexibility index (Phi) is 11.8. The number of aromatic nitrogens is 4. The van der Waals surface area contributed by atoms with Crippen LogP contribution in [0.2, 0.25) is 10.0 Å². The molecule has 3 atom stereocenters. The molecule has 8 heterocycles. The van der Waals surface area contributed by atoms with Gasteiger partial charge in [-0.05, 0) is 92.5 Å². The quantitative estimate of drug-likeness (QED) is 0.121. The van der Waals surface area contributed by atoms with E-state index >= 15 is 0 Å². The Morgan fingerprint density at radius 2 is 1.57 bits per heavy atom. The molecule has 1 aliphatic carbocycles. The van der Waals surface area contributed by atoms with Crippen LogP contribution in [0, 0.1) is 5.92 Å². The molecule has 6 aliphatic heterocycles. The molecule has 1 saturated carbocycles. The van der Waals surface area contributed by atoms with Crippen molar-refractivity contribution in [2.24, 2.45) is 5.92 Å². The van der Waals surface area contributed by atoms with Gasteiger partial charge in [-0.15, -0.1) is 0 Å². The van der Waals surface area contributed by atoms with E-state index in [9.17, 15) is 33.9 Å². The van der Waals surface area contributed by atoms with Crippen molar-refractivity contribution in [1.82, 2.24) is 50.0 Å². The Bertz CT molecular complexity index is 2890. The van der Waals surface area contributed by atoms with Gasteiger partial charge in [0, 0.05) is 69.1 Å². The van der Waals surface area contributed by atoms with Crippen molar-refractivity contribution in [3.63, 3.8) is 0 Å². The van der Waals surface area contributed by atoms with Crippen LogP contribution in [0.1, 0.15) is 93.7 Å². The predicted molar refractivity (Wildman–Crippen MR) is 253 cm³/mol. The number of imidazole rings is 1. The molecular formula is C48H48Cl2N12O7. The molecule has 2 bridgehead atoms. The van der Waals surface area contributed by atoms with Gasteiger partial charge in [-0.25, -0.2) is 25.0 Å². The molecular weight excluding hydrogens is 928 g/mol. The maximum Gasteiger partial charge on any atom is 0.327 e. The van der Waals surface area contributed by atoms with Gasteiger partial charge in [0.1, 0.15) is 18.4 Å². The minimum absolute atomic E-state index is 0.00339. The zero-order chi connectivity index (χ0) is 47.7. The number of piperidine rings is 2. The number of carbonyl (C=O) groups excluding carboxylic acids is 5. The zero-order valence-corrected chi connectivity index (χ0v) is 38.8. The van der Waals surface area contributed by atoms with Gasteiger partial charge in [-0.2, -0.15) is 0 Å². The van der Waals surface area contributed by atoms with Gasteiger partial charge < -0.3 is 25.2 Å². The average Bonchev–Trinajstić information content (AvgIpc) is 3.87. The summed E-state index contributed by atoms with van der Waals surface area (Å²) in [6.45, 7) is 4.47. The summed E-state index contributed by atoms with van der Waals surface area (Å²) in [4.78, 5) is 98.2. The summed E-state index contributed by atoms with van der Waals surface area (Å²) >= 11 is 12.5. The maximum atomic E-state index is 14.1. The molecule has 2 aromatic heterocycles. The molecule has 6 fully saturated rings. The number of anilines is 3. The van der Waals surface area contributed by atoms with E-state index in [-0.39, 0.29) is 59.3 Å². The number of nitrogens with zero attached hydrogens (tertiary/aromatic N) is 9. The van der Waals surface area contributed by atoms with Crippen LogP contribution in [0.15, 0.2) is 73.3 Å². The number of imide groups is 2. The summed E-state index contributed by atoms with van der Waals surface area (Å²) in [6.07, 6.45) is 6.94. The number of carboxylic acids is 1. The smallest absolute Gasteiger partial charge is 0.327 e. The highest BCUT2D eigenvalue weighted by molar-refractivity contribution is 6.39. The number of nitrogens with one attached hydrogen (secondary N) is 3. The van der Waals surface area contributed by atoms with Crippen molar-refractivity contribution in [3.05, 3.63) is 106 Å². The van der Waals surface area contributed by atoms with Gasteiger partial charge in [-0.3, -0.25) is 43.9 Å². The third-order valence-electron chi connectivity index (χ3n) is 14.7. The number of aliphatic carboxylic acids is 1. The monoisotopic (exact) mass is 974 g/mol. The first-order chi connectivity index (χ1) is 33.4. The lowest BCUT2D eigenvalue weighted by molar-refractivity contribution is -0.226. The lowest BCUT2D eigenvalue weighted by atomic mass is 9.86. The number of halogens is 2. The number of rotatable bonds is 12. The third kappa shape index (κ3) is 8.14. The fourth-order valence-corrected chi connectivity index (χ4v) is 11.6. The first kappa shape index (κ1) is 45.0. The van der Waals surface area contributed by atoms with Gasteiger partial charge in [-0.1, -0.05) is 41.4 Å². The van der Waals surface area contributed by atoms with Crippen molar-refractivity contribution in [2.45, 2.75) is 75.3 Å². The van der Waals surface area contributed by atoms with Crippen LogP contribution in [0.25, 0.3) is 11.2 Å². The second kappa shape index (κ2) is 18.1. The molecule has 12 rings (SSSR count). The van der Waals surface area contributed by atoms with Crippen LogP contribution in [0.4, 0.5) is 17.2 Å². The third-order valence-corrected chi connectivity index (χ3v) is 15.3. The molecule has 356 valence electrons. The summed E-state index contributed by atoms with van der Waals surface area (Å²) in [7, 11) is 0. The summed E-state index contributed by atoms with van der Waals surface area (Å²) in [5, 5.41) is 24.3. The van der Waals surface area contributed by atoms with E-state index in [0.29, 0.717) is 58.9 Å². The lowest BCUT2D eigenvalue weighted by Gasteiger charge is -2.57. The minimum atomic E-state index is -1.26. The Morgan fingerprint density at radius 3 is 2.28 bits per heavy atom. The molecule has 21 heteroatoms. The Balaban J connectivity index is 0.727. The van der Waals surface area contributed by atoms with Crippen molar-refractivity contribution in [3.8, 4) is 0 Å². The summed E-state index contributed by atoms with van der Waals surface area (Å²) in [5.74, 6) is -3.13. The van der Waals surface area contributed by atoms with E-state index in [1.807, 2.05) is 21.7 Å². The first-order valence-electron chi connectivity index (χ1n) is 23.3. The Morgan fingerprint density at radius 1 is 0.841 bits per heavy atom. The number of carboxylic acid groups (broad SMARTS) is 1. The number of amides is 5. The van der Waals surface area contributed by atoms with Crippen molar-refractivity contribution in [2.75, 3.05) is 49.5 Å². The molecule has 3 aromatic carbocycles. The first-order valence-corrected chi connectivity index (χ1v) is 24.1. The van der Waals surface area contributed by atoms with E-state index in [1.165, 1.54) is 12.4 Å².